The van der Waals surface area contributed by atoms with Gasteiger partial charge in [0.15, 0.2) is 0 Å². The molecule has 0 aliphatic heterocycles. The fraction of sp³-hybridized carbons (Fsp3) is 0.867. The molecule has 0 amide bonds. The molecule has 4 nitrogen and oxygen atoms in total. The molecule has 190 valence electrons. The van der Waals surface area contributed by atoms with E-state index in [2.05, 4.69) is 34.3 Å². The number of carboxylic acids is 1. The minimum atomic E-state index is -0.617. The molecule has 0 heterocycles. The van der Waals surface area contributed by atoms with Crippen molar-refractivity contribution in [2.45, 2.75) is 98.8 Å². The number of ketones is 1. The van der Waals surface area contributed by atoms with Crippen molar-refractivity contribution in [3.05, 3.63) is 12.2 Å². The van der Waals surface area contributed by atoms with Gasteiger partial charge < -0.3 is 10.2 Å². The number of Topliss-reactive ketones (excluding diaryl/α,β-unsaturated/α-hetero) is 1. The molecule has 5 aliphatic rings. The van der Waals surface area contributed by atoms with Crippen LogP contribution in [0.15, 0.2) is 12.2 Å². The van der Waals surface area contributed by atoms with Crippen molar-refractivity contribution in [1.82, 2.24) is 0 Å². The van der Waals surface area contributed by atoms with E-state index < -0.39 is 16.8 Å². The molecule has 0 aromatic heterocycles. The van der Waals surface area contributed by atoms with Gasteiger partial charge in [-0.05, 0) is 111 Å². The van der Waals surface area contributed by atoms with Gasteiger partial charge in [0.25, 0.3) is 0 Å². The predicted octanol–water partition coefficient (Wildman–Crippen LogP) is 6.27. The zero-order valence-corrected chi connectivity index (χ0v) is 22.1. The Morgan fingerprint density at radius 3 is 2.26 bits per heavy atom. The topological polar surface area (TPSA) is 74.6 Å². The van der Waals surface area contributed by atoms with Crippen LogP contribution in [0, 0.1) is 56.7 Å². The number of allylic oxidation sites excluding steroid dienone is 1. The van der Waals surface area contributed by atoms with Gasteiger partial charge in [-0.1, -0.05) is 39.8 Å². The van der Waals surface area contributed by atoms with E-state index in [9.17, 15) is 19.8 Å². The molecule has 2 N–H and O–H groups in total. The van der Waals surface area contributed by atoms with Crippen LogP contribution in [0.4, 0.5) is 0 Å². The Morgan fingerprint density at radius 1 is 0.941 bits per heavy atom. The van der Waals surface area contributed by atoms with Crippen LogP contribution < -0.4 is 0 Å². The van der Waals surface area contributed by atoms with Gasteiger partial charge in [-0.3, -0.25) is 9.59 Å². The van der Waals surface area contributed by atoms with Crippen molar-refractivity contribution < 1.29 is 19.8 Å². The normalized spacial score (nSPS) is 54.4. The lowest BCUT2D eigenvalue weighted by atomic mass is 9.32. The molecule has 0 unspecified atom stereocenters. The van der Waals surface area contributed by atoms with Crippen LogP contribution in [-0.2, 0) is 9.59 Å². The van der Waals surface area contributed by atoms with Gasteiger partial charge in [-0.25, -0.2) is 0 Å². The maximum atomic E-state index is 13.0. The van der Waals surface area contributed by atoms with Gasteiger partial charge in [-0.2, -0.15) is 0 Å². The number of hydrogen-bond acceptors (Lipinski definition) is 3. The SMILES string of the molecule is C=C(C)[C@@H]1CC[C@]2(C(=O)O)CC[C@]3(C)[C@H](CC[C@@H]4[C@@]5(C)CCC(=O)[C@@](C)(CO)[C@@H]5CC[C@]43C)[C@H]12. The highest BCUT2D eigenvalue weighted by molar-refractivity contribution is 5.86. The van der Waals surface area contributed by atoms with E-state index in [0.29, 0.717) is 24.2 Å². The number of hydrogen-bond donors (Lipinski definition) is 2. The average molecular weight is 471 g/mol. The predicted molar refractivity (Wildman–Crippen MR) is 133 cm³/mol. The van der Waals surface area contributed by atoms with Gasteiger partial charge in [0.2, 0.25) is 0 Å². The number of carbonyl (C=O) groups is 2. The summed E-state index contributed by atoms with van der Waals surface area (Å²) in [5, 5.41) is 20.8. The molecule has 0 bridgehead atoms. The Morgan fingerprint density at radius 2 is 1.65 bits per heavy atom. The monoisotopic (exact) mass is 470 g/mol. The molecule has 0 aromatic rings. The lowest BCUT2D eigenvalue weighted by molar-refractivity contribution is -0.238. The van der Waals surface area contributed by atoms with E-state index in [0.717, 1.165) is 57.8 Å². The molecule has 4 heteroatoms. The number of carboxylic acid groups (broad SMARTS) is 1. The minimum Gasteiger partial charge on any atom is -0.481 e. The maximum absolute atomic E-state index is 13.0. The van der Waals surface area contributed by atoms with E-state index in [1.165, 1.54) is 5.57 Å². The van der Waals surface area contributed by atoms with Crippen molar-refractivity contribution in [3.63, 3.8) is 0 Å². The molecule has 5 fully saturated rings. The number of aliphatic carboxylic acids is 1. The third kappa shape index (κ3) is 2.70. The van der Waals surface area contributed by atoms with Gasteiger partial charge in [-0.15, -0.1) is 0 Å². The van der Waals surface area contributed by atoms with E-state index in [1.54, 1.807) is 0 Å². The molecule has 0 aromatic carbocycles. The zero-order valence-electron chi connectivity index (χ0n) is 22.1. The van der Waals surface area contributed by atoms with Gasteiger partial charge in [0.1, 0.15) is 5.78 Å². The maximum Gasteiger partial charge on any atom is 0.309 e. The number of aliphatic hydroxyl groups excluding tert-OH is 1. The Hall–Kier alpha value is -1.16. The minimum absolute atomic E-state index is 0.0427. The van der Waals surface area contributed by atoms with Crippen LogP contribution in [-0.4, -0.2) is 28.6 Å². The van der Waals surface area contributed by atoms with Gasteiger partial charge in [0.05, 0.1) is 17.4 Å². The van der Waals surface area contributed by atoms with Crippen molar-refractivity contribution in [2.24, 2.45) is 56.7 Å². The highest BCUT2D eigenvalue weighted by Crippen LogP contribution is 2.77. The van der Waals surface area contributed by atoms with Crippen LogP contribution >= 0.6 is 0 Å². The van der Waals surface area contributed by atoms with Crippen LogP contribution in [0.1, 0.15) is 98.8 Å². The second-order valence-corrected chi connectivity index (χ2v) is 14.1. The number of carbonyl (C=O) groups excluding carboxylic acids is 1. The first-order valence-electron chi connectivity index (χ1n) is 13.8. The first-order chi connectivity index (χ1) is 15.8. The third-order valence-electron chi connectivity index (χ3n) is 13.4. The Balaban J connectivity index is 1.57. The Bertz CT molecular complexity index is 925. The molecule has 0 spiro atoms. The first-order valence-corrected chi connectivity index (χ1v) is 13.8. The molecule has 0 saturated heterocycles. The third-order valence-corrected chi connectivity index (χ3v) is 13.4. The largest absolute Gasteiger partial charge is 0.481 e. The summed E-state index contributed by atoms with van der Waals surface area (Å²) < 4.78 is 0. The van der Waals surface area contributed by atoms with Crippen molar-refractivity contribution in [3.8, 4) is 0 Å². The van der Waals surface area contributed by atoms with Crippen molar-refractivity contribution >= 4 is 11.8 Å². The Labute approximate surface area is 206 Å². The fourth-order valence-corrected chi connectivity index (χ4v) is 11.3. The van der Waals surface area contributed by atoms with Crippen LogP contribution in [0.5, 0.6) is 0 Å². The second-order valence-electron chi connectivity index (χ2n) is 14.1. The zero-order chi connectivity index (χ0) is 24.9. The molecule has 10 atom stereocenters. The lowest BCUT2D eigenvalue weighted by Crippen LogP contribution is -2.67. The highest BCUT2D eigenvalue weighted by Gasteiger charge is 2.72. The van der Waals surface area contributed by atoms with Gasteiger partial charge >= 0.3 is 5.97 Å². The summed E-state index contributed by atoms with van der Waals surface area (Å²) in [4.78, 5) is 25.7. The molecule has 34 heavy (non-hydrogen) atoms. The van der Waals surface area contributed by atoms with Crippen LogP contribution in [0.3, 0.4) is 0 Å². The number of aliphatic hydroxyl groups is 1. The van der Waals surface area contributed by atoms with Crippen LogP contribution in [0.25, 0.3) is 0 Å². The van der Waals surface area contributed by atoms with Crippen LogP contribution in [0.2, 0.25) is 0 Å². The summed E-state index contributed by atoms with van der Waals surface area (Å²) in [6, 6.07) is 0. The molecule has 5 rings (SSSR count). The van der Waals surface area contributed by atoms with E-state index in [1.807, 2.05) is 6.92 Å². The smallest absolute Gasteiger partial charge is 0.309 e. The molecule has 5 saturated carbocycles. The molecule has 5 aliphatic carbocycles. The molecular formula is C30H46O4. The van der Waals surface area contributed by atoms with E-state index in [-0.39, 0.29) is 40.5 Å². The lowest BCUT2D eigenvalue weighted by Gasteiger charge is -2.72. The first kappa shape index (κ1) is 24.5. The second kappa shape index (κ2) is 7.43. The average Bonchev–Trinajstić information content (AvgIpc) is 3.18. The standard InChI is InChI=1S/C30H46O4/c1-18(2)19-9-14-30(25(33)34)16-15-28(5)20(24(19)30)7-8-22-26(3)12-11-23(32)27(4,17-31)21(26)10-13-29(22,28)6/h19-22,24,31H,1,7-17H2,2-6H3,(H,33,34)/t19-,20+,21+,22+,24-,26-,27-,28+,29+,30-/m0/s1. The summed E-state index contributed by atoms with van der Waals surface area (Å²) in [6.07, 6.45) is 9.35. The molecule has 0 radical (unpaired) electrons. The number of rotatable bonds is 3. The highest BCUT2D eigenvalue weighted by atomic mass is 16.4. The van der Waals surface area contributed by atoms with Crippen molar-refractivity contribution in [2.75, 3.05) is 6.61 Å². The summed E-state index contributed by atoms with van der Waals surface area (Å²) >= 11 is 0. The van der Waals surface area contributed by atoms with E-state index in [4.69, 9.17) is 0 Å². The quantitative estimate of drug-likeness (QED) is 0.477. The van der Waals surface area contributed by atoms with Crippen molar-refractivity contribution in [1.29, 1.82) is 0 Å². The summed E-state index contributed by atoms with van der Waals surface area (Å²) in [5.74, 6) is 1.35. The fourth-order valence-electron chi connectivity index (χ4n) is 11.3. The Kier molecular flexibility index (Phi) is 5.36. The van der Waals surface area contributed by atoms with Gasteiger partial charge in [0, 0.05) is 6.42 Å². The number of fused-ring (bicyclic) bond motifs is 7. The summed E-state index contributed by atoms with van der Waals surface area (Å²) in [6.45, 7) is 15.9. The molecular weight excluding hydrogens is 424 g/mol. The summed E-state index contributed by atoms with van der Waals surface area (Å²) in [5.41, 5.74) is 0.257. The van der Waals surface area contributed by atoms with E-state index >= 15 is 0 Å². The summed E-state index contributed by atoms with van der Waals surface area (Å²) in [7, 11) is 0.